The molecule has 3 aliphatic rings. The molecule has 1 amide bonds. The number of nitrogens with zero attached hydrogens (tertiary/aromatic N) is 1. The maximum atomic E-state index is 14.2. The second-order valence-electron chi connectivity index (χ2n) is 9.64. The van der Waals surface area contributed by atoms with E-state index in [9.17, 15) is 14.7 Å². The molecule has 0 radical (unpaired) electrons. The van der Waals surface area contributed by atoms with Gasteiger partial charge in [0.25, 0.3) is 0 Å². The number of rotatable bonds is 7. The van der Waals surface area contributed by atoms with Crippen LogP contribution in [0.15, 0.2) is 91.0 Å². The van der Waals surface area contributed by atoms with Crippen molar-refractivity contribution in [1.29, 1.82) is 0 Å². The molecule has 0 aromatic heterocycles. The molecular weight excluding hydrogens is 438 g/mol. The van der Waals surface area contributed by atoms with Gasteiger partial charge in [0.05, 0.1) is 18.1 Å². The fourth-order valence-corrected chi connectivity index (χ4v) is 5.94. The van der Waals surface area contributed by atoms with Crippen molar-refractivity contribution in [1.82, 2.24) is 4.90 Å². The Morgan fingerprint density at radius 3 is 1.86 bits per heavy atom. The third kappa shape index (κ3) is 4.61. The number of carbonyl (C=O) groups is 2. The number of ether oxygens (including phenoxy) is 1. The third-order valence-electron chi connectivity index (χ3n) is 7.58. The number of fused-ring (bicyclic) bond motifs is 3. The van der Waals surface area contributed by atoms with Crippen LogP contribution in [0.1, 0.15) is 54.9 Å². The first-order valence-electron chi connectivity index (χ1n) is 12.4. The number of piperidine rings is 2. The molecule has 180 valence electrons. The largest absolute Gasteiger partial charge is 0.480 e. The van der Waals surface area contributed by atoms with Gasteiger partial charge in [-0.1, -0.05) is 91.0 Å². The first-order chi connectivity index (χ1) is 17.0. The number of carboxylic acids is 1. The maximum Gasteiger partial charge on any atom is 0.326 e. The molecule has 5 atom stereocenters. The Morgan fingerprint density at radius 2 is 1.34 bits per heavy atom. The molecular formula is C30H31NO4. The van der Waals surface area contributed by atoms with Crippen molar-refractivity contribution in [3.8, 4) is 0 Å². The number of carbonyl (C=O) groups excluding carboxylic acids is 1. The third-order valence-corrected chi connectivity index (χ3v) is 7.58. The zero-order valence-corrected chi connectivity index (χ0v) is 19.9. The van der Waals surface area contributed by atoms with Crippen LogP contribution in [0.4, 0.5) is 0 Å². The van der Waals surface area contributed by atoms with Crippen LogP contribution in [0.25, 0.3) is 0 Å². The van der Waals surface area contributed by atoms with Gasteiger partial charge in [-0.2, -0.15) is 0 Å². The lowest BCUT2D eigenvalue weighted by Gasteiger charge is -2.54. The van der Waals surface area contributed by atoms with E-state index in [2.05, 4.69) is 0 Å². The minimum Gasteiger partial charge on any atom is -0.480 e. The molecule has 1 saturated carbocycles. The van der Waals surface area contributed by atoms with Gasteiger partial charge in [0.1, 0.15) is 6.04 Å². The average Bonchev–Trinajstić information content (AvgIpc) is 2.90. The summed E-state index contributed by atoms with van der Waals surface area (Å²) in [6, 6.07) is 28.3. The predicted octanol–water partition coefficient (Wildman–Crippen LogP) is 5.43. The van der Waals surface area contributed by atoms with Crippen LogP contribution in [0, 0.1) is 5.92 Å². The van der Waals surface area contributed by atoms with E-state index in [-0.39, 0.29) is 30.1 Å². The molecule has 2 heterocycles. The van der Waals surface area contributed by atoms with Gasteiger partial charge < -0.3 is 14.7 Å². The summed E-state index contributed by atoms with van der Waals surface area (Å²) in [5.74, 6) is -1.87. The first-order valence-corrected chi connectivity index (χ1v) is 12.4. The SMILES string of the molecule is CC(OC1C[C@@H]2CC[C@@H]1[C@@H](C(=O)O)N2C(=O)C(c1ccccc1)c1ccccc1)c1ccccc1. The molecule has 3 aromatic rings. The highest BCUT2D eigenvalue weighted by Crippen LogP contribution is 2.45. The van der Waals surface area contributed by atoms with E-state index in [1.807, 2.05) is 97.9 Å². The van der Waals surface area contributed by atoms with Crippen LogP contribution in [0.2, 0.25) is 0 Å². The summed E-state index contributed by atoms with van der Waals surface area (Å²) in [5, 5.41) is 10.3. The number of aliphatic carboxylic acids is 1. The van der Waals surface area contributed by atoms with Crippen LogP contribution in [0.3, 0.4) is 0 Å². The van der Waals surface area contributed by atoms with Crippen molar-refractivity contribution in [3.63, 3.8) is 0 Å². The van der Waals surface area contributed by atoms with Crippen molar-refractivity contribution in [2.75, 3.05) is 0 Å². The summed E-state index contributed by atoms with van der Waals surface area (Å²) in [5.41, 5.74) is 2.82. The predicted molar refractivity (Wildman–Crippen MR) is 134 cm³/mol. The van der Waals surface area contributed by atoms with E-state index in [0.717, 1.165) is 29.5 Å². The van der Waals surface area contributed by atoms with E-state index >= 15 is 0 Å². The lowest BCUT2D eigenvalue weighted by atomic mass is 9.71. The van der Waals surface area contributed by atoms with Crippen molar-refractivity contribution in [2.45, 2.75) is 56.4 Å². The zero-order chi connectivity index (χ0) is 24.4. The monoisotopic (exact) mass is 469 g/mol. The molecule has 2 saturated heterocycles. The molecule has 2 unspecified atom stereocenters. The Kier molecular flexibility index (Phi) is 6.69. The van der Waals surface area contributed by atoms with Gasteiger partial charge in [0, 0.05) is 12.0 Å². The fraction of sp³-hybridized carbons (Fsp3) is 0.333. The number of hydrogen-bond acceptors (Lipinski definition) is 3. The average molecular weight is 470 g/mol. The van der Waals surface area contributed by atoms with Gasteiger partial charge in [-0.25, -0.2) is 4.79 Å². The molecule has 2 aliphatic heterocycles. The van der Waals surface area contributed by atoms with Crippen LogP contribution in [0.5, 0.6) is 0 Å². The molecule has 3 aromatic carbocycles. The number of amides is 1. The molecule has 6 rings (SSSR count). The van der Waals surface area contributed by atoms with Crippen molar-refractivity contribution in [2.24, 2.45) is 5.92 Å². The highest BCUT2D eigenvalue weighted by atomic mass is 16.5. The van der Waals surface area contributed by atoms with Crippen LogP contribution >= 0.6 is 0 Å². The molecule has 3 fully saturated rings. The summed E-state index contributed by atoms with van der Waals surface area (Å²) in [6.07, 6.45) is 1.88. The summed E-state index contributed by atoms with van der Waals surface area (Å²) in [7, 11) is 0. The van der Waals surface area contributed by atoms with Crippen LogP contribution < -0.4 is 0 Å². The van der Waals surface area contributed by atoms with E-state index in [0.29, 0.717) is 6.42 Å². The number of carboxylic acid groups (broad SMARTS) is 1. The zero-order valence-electron chi connectivity index (χ0n) is 19.9. The lowest BCUT2D eigenvalue weighted by molar-refractivity contribution is -0.180. The van der Waals surface area contributed by atoms with Crippen LogP contribution in [-0.2, 0) is 14.3 Å². The molecule has 0 spiro atoms. The van der Waals surface area contributed by atoms with Crippen molar-refractivity contribution >= 4 is 11.9 Å². The molecule has 5 nitrogen and oxygen atoms in total. The molecule has 2 bridgehead atoms. The summed E-state index contributed by atoms with van der Waals surface area (Å²) >= 11 is 0. The van der Waals surface area contributed by atoms with E-state index in [4.69, 9.17) is 4.74 Å². The lowest BCUT2D eigenvalue weighted by Crippen LogP contribution is -2.65. The standard InChI is InChI=1S/C30H31NO4/c1-20(21-11-5-2-6-12-21)35-26-19-24-17-18-25(26)28(30(33)34)31(24)29(32)27(22-13-7-3-8-14-22)23-15-9-4-10-16-23/h2-16,20,24-28H,17-19H2,1H3,(H,33,34)/t20?,24-,25-,26?,28-/m0/s1. The Hall–Kier alpha value is -3.44. The van der Waals surface area contributed by atoms with Gasteiger partial charge in [0.2, 0.25) is 5.91 Å². The topological polar surface area (TPSA) is 66.8 Å². The normalized spacial score (nSPS) is 24.3. The van der Waals surface area contributed by atoms with Gasteiger partial charge in [-0.15, -0.1) is 0 Å². The molecule has 5 heteroatoms. The van der Waals surface area contributed by atoms with Crippen molar-refractivity contribution < 1.29 is 19.4 Å². The maximum absolute atomic E-state index is 14.2. The Morgan fingerprint density at radius 1 is 0.829 bits per heavy atom. The van der Waals surface area contributed by atoms with Crippen LogP contribution in [-0.4, -0.2) is 40.1 Å². The van der Waals surface area contributed by atoms with Gasteiger partial charge in [-0.3, -0.25) is 4.79 Å². The van der Waals surface area contributed by atoms with Gasteiger partial charge in [0.15, 0.2) is 0 Å². The summed E-state index contributed by atoms with van der Waals surface area (Å²) in [4.78, 5) is 28.5. The van der Waals surface area contributed by atoms with Crippen molar-refractivity contribution in [3.05, 3.63) is 108 Å². The smallest absolute Gasteiger partial charge is 0.326 e. The molecule has 1 N–H and O–H groups in total. The fourth-order valence-electron chi connectivity index (χ4n) is 5.94. The van der Waals surface area contributed by atoms with Gasteiger partial charge in [-0.05, 0) is 42.9 Å². The highest BCUT2D eigenvalue weighted by molar-refractivity contribution is 5.91. The van der Waals surface area contributed by atoms with E-state index < -0.39 is 17.9 Å². The second kappa shape index (κ2) is 10.0. The minimum absolute atomic E-state index is 0.138. The second-order valence-corrected chi connectivity index (χ2v) is 9.64. The van der Waals surface area contributed by atoms with Gasteiger partial charge >= 0.3 is 5.97 Å². The Bertz CT molecular complexity index is 1110. The summed E-state index contributed by atoms with van der Waals surface area (Å²) < 4.78 is 6.45. The molecule has 1 aliphatic carbocycles. The molecule has 35 heavy (non-hydrogen) atoms. The quantitative estimate of drug-likeness (QED) is 0.501. The number of benzene rings is 3. The Balaban J connectivity index is 1.45. The number of hydrogen-bond donors (Lipinski definition) is 1. The minimum atomic E-state index is -0.950. The highest BCUT2D eigenvalue weighted by Gasteiger charge is 2.54. The summed E-state index contributed by atoms with van der Waals surface area (Å²) in [6.45, 7) is 2.01. The van der Waals surface area contributed by atoms with E-state index in [1.54, 1.807) is 4.90 Å². The Labute approximate surface area is 206 Å². The first kappa shape index (κ1) is 23.3. The van der Waals surface area contributed by atoms with E-state index in [1.165, 1.54) is 0 Å².